The molecule has 0 spiro atoms. The zero-order valence-electron chi connectivity index (χ0n) is 16.7. The zero-order chi connectivity index (χ0) is 21.0. The molecule has 1 aliphatic rings. The number of benzene rings is 2. The molecule has 30 heavy (non-hydrogen) atoms. The van der Waals surface area contributed by atoms with Gasteiger partial charge in [0.1, 0.15) is 11.1 Å². The molecule has 4 aromatic rings. The Morgan fingerprint density at radius 1 is 1.03 bits per heavy atom. The van der Waals surface area contributed by atoms with Gasteiger partial charge in [-0.3, -0.25) is 14.5 Å². The number of amides is 1. The number of anilines is 1. The molecule has 3 heterocycles. The summed E-state index contributed by atoms with van der Waals surface area (Å²) in [5.41, 5.74) is 4.11. The standard InChI is InChI=1S/C23H19N3O3S/c1-23(2,3)14-10-8-13(9-11-14)18-17-19(27)15-6-4-5-7-16(15)29-20(17)21(28)26(18)22-25-24-12-30-22/h4-12,18H,1-3H3. The van der Waals surface area contributed by atoms with Crippen LogP contribution in [0.1, 0.15) is 54.1 Å². The van der Waals surface area contributed by atoms with Gasteiger partial charge in [0, 0.05) is 0 Å². The third kappa shape index (κ3) is 2.77. The third-order valence-corrected chi connectivity index (χ3v) is 6.11. The maximum absolute atomic E-state index is 13.4. The summed E-state index contributed by atoms with van der Waals surface area (Å²) in [7, 11) is 0. The molecule has 2 aromatic carbocycles. The summed E-state index contributed by atoms with van der Waals surface area (Å²) in [6, 6.07) is 14.4. The van der Waals surface area contributed by atoms with Gasteiger partial charge in [-0.05, 0) is 28.7 Å². The molecule has 0 aliphatic carbocycles. The normalized spacial score (nSPS) is 16.3. The first kappa shape index (κ1) is 18.7. The first-order chi connectivity index (χ1) is 14.4. The van der Waals surface area contributed by atoms with Gasteiger partial charge in [-0.25, -0.2) is 0 Å². The maximum Gasteiger partial charge on any atom is 0.297 e. The number of carbonyl (C=O) groups excluding carboxylic acids is 1. The molecule has 6 nitrogen and oxygen atoms in total. The Morgan fingerprint density at radius 3 is 2.43 bits per heavy atom. The lowest BCUT2D eigenvalue weighted by molar-refractivity contribution is 0.0970. The van der Waals surface area contributed by atoms with Gasteiger partial charge < -0.3 is 4.42 Å². The molecule has 1 unspecified atom stereocenters. The van der Waals surface area contributed by atoms with Crippen LogP contribution in [0.25, 0.3) is 11.0 Å². The van der Waals surface area contributed by atoms with Crippen molar-refractivity contribution in [2.45, 2.75) is 32.2 Å². The van der Waals surface area contributed by atoms with Crippen LogP contribution in [0.5, 0.6) is 0 Å². The Morgan fingerprint density at radius 2 is 1.77 bits per heavy atom. The molecule has 7 heteroatoms. The van der Waals surface area contributed by atoms with Crippen LogP contribution in [-0.4, -0.2) is 16.1 Å². The maximum atomic E-state index is 13.4. The van der Waals surface area contributed by atoms with E-state index in [0.717, 1.165) is 5.56 Å². The summed E-state index contributed by atoms with van der Waals surface area (Å²) >= 11 is 1.25. The van der Waals surface area contributed by atoms with E-state index in [9.17, 15) is 9.59 Å². The van der Waals surface area contributed by atoms with E-state index in [-0.39, 0.29) is 22.5 Å². The number of hydrogen-bond donors (Lipinski definition) is 0. The molecular weight excluding hydrogens is 398 g/mol. The van der Waals surface area contributed by atoms with E-state index in [1.807, 2.05) is 24.3 Å². The lowest BCUT2D eigenvalue weighted by Crippen LogP contribution is -2.29. The van der Waals surface area contributed by atoms with E-state index < -0.39 is 6.04 Å². The predicted molar refractivity (Wildman–Crippen MR) is 116 cm³/mol. The van der Waals surface area contributed by atoms with Crippen LogP contribution in [0.3, 0.4) is 0 Å². The molecule has 0 fully saturated rings. The SMILES string of the molecule is CC(C)(C)c1ccc(C2c3c(oc4ccccc4c3=O)C(=O)N2c2nncs2)cc1. The van der Waals surface area contributed by atoms with Crippen molar-refractivity contribution in [3.05, 3.63) is 86.7 Å². The lowest BCUT2D eigenvalue weighted by atomic mass is 9.86. The van der Waals surface area contributed by atoms with Gasteiger partial charge >= 0.3 is 0 Å². The van der Waals surface area contributed by atoms with Crippen LogP contribution in [0.2, 0.25) is 0 Å². The molecule has 150 valence electrons. The molecule has 0 saturated heterocycles. The Balaban J connectivity index is 1.76. The highest BCUT2D eigenvalue weighted by molar-refractivity contribution is 7.13. The average Bonchev–Trinajstić information content (AvgIpc) is 3.34. The Hall–Kier alpha value is -3.32. The summed E-state index contributed by atoms with van der Waals surface area (Å²) < 4.78 is 5.92. The summed E-state index contributed by atoms with van der Waals surface area (Å²) in [5.74, 6) is -0.312. The van der Waals surface area contributed by atoms with Gasteiger partial charge in [0.05, 0.1) is 17.0 Å². The monoisotopic (exact) mass is 417 g/mol. The molecule has 0 N–H and O–H groups in total. The van der Waals surface area contributed by atoms with Crippen LogP contribution in [-0.2, 0) is 5.41 Å². The van der Waals surface area contributed by atoms with Crippen molar-refractivity contribution < 1.29 is 9.21 Å². The molecule has 0 radical (unpaired) electrons. The van der Waals surface area contributed by atoms with Crippen molar-refractivity contribution in [3.8, 4) is 0 Å². The average molecular weight is 417 g/mol. The quantitative estimate of drug-likeness (QED) is 0.473. The highest BCUT2D eigenvalue weighted by atomic mass is 32.1. The number of rotatable bonds is 2. The van der Waals surface area contributed by atoms with Gasteiger partial charge in [-0.1, -0.05) is 68.5 Å². The zero-order valence-corrected chi connectivity index (χ0v) is 17.6. The number of para-hydroxylation sites is 1. The van der Waals surface area contributed by atoms with Crippen LogP contribution in [0.4, 0.5) is 5.13 Å². The second-order valence-electron chi connectivity index (χ2n) is 8.34. The van der Waals surface area contributed by atoms with E-state index in [4.69, 9.17) is 4.42 Å². The van der Waals surface area contributed by atoms with Crippen molar-refractivity contribution in [2.24, 2.45) is 0 Å². The summed E-state index contributed by atoms with van der Waals surface area (Å²) in [4.78, 5) is 28.3. The topological polar surface area (TPSA) is 76.3 Å². The van der Waals surface area contributed by atoms with Crippen LogP contribution in [0.15, 0.2) is 63.3 Å². The largest absolute Gasteiger partial charge is 0.450 e. The molecule has 2 aromatic heterocycles. The number of fused-ring (bicyclic) bond motifs is 2. The van der Waals surface area contributed by atoms with Gasteiger partial charge in [0.25, 0.3) is 5.91 Å². The Kier molecular flexibility index (Phi) is 4.11. The smallest absolute Gasteiger partial charge is 0.297 e. The van der Waals surface area contributed by atoms with Crippen molar-refractivity contribution in [3.63, 3.8) is 0 Å². The lowest BCUT2D eigenvalue weighted by Gasteiger charge is -2.24. The highest BCUT2D eigenvalue weighted by Gasteiger charge is 2.45. The van der Waals surface area contributed by atoms with Crippen LogP contribution < -0.4 is 10.3 Å². The van der Waals surface area contributed by atoms with E-state index >= 15 is 0 Å². The highest BCUT2D eigenvalue weighted by Crippen LogP contribution is 2.41. The van der Waals surface area contributed by atoms with E-state index in [0.29, 0.717) is 21.7 Å². The summed E-state index contributed by atoms with van der Waals surface area (Å²) in [6.07, 6.45) is 0. The van der Waals surface area contributed by atoms with Crippen LogP contribution >= 0.6 is 11.3 Å². The van der Waals surface area contributed by atoms with Crippen molar-refractivity contribution in [1.82, 2.24) is 10.2 Å². The van der Waals surface area contributed by atoms with Crippen molar-refractivity contribution in [2.75, 3.05) is 4.90 Å². The molecule has 1 atom stereocenters. The minimum absolute atomic E-state index is 0.00389. The van der Waals surface area contributed by atoms with Crippen LogP contribution in [0, 0.1) is 0 Å². The molecule has 1 aliphatic heterocycles. The summed E-state index contributed by atoms with van der Waals surface area (Å²) in [5, 5.41) is 8.86. The molecule has 0 saturated carbocycles. The number of hydrogen-bond acceptors (Lipinski definition) is 6. The summed E-state index contributed by atoms with van der Waals surface area (Å²) in [6.45, 7) is 6.43. The minimum Gasteiger partial charge on any atom is -0.450 e. The van der Waals surface area contributed by atoms with E-state index in [1.165, 1.54) is 21.8 Å². The van der Waals surface area contributed by atoms with Gasteiger partial charge in [0.15, 0.2) is 5.43 Å². The Bertz CT molecular complexity index is 1320. The van der Waals surface area contributed by atoms with Gasteiger partial charge in [-0.15, -0.1) is 10.2 Å². The van der Waals surface area contributed by atoms with Crippen molar-refractivity contribution >= 4 is 33.3 Å². The molecular formula is C23H19N3O3S. The second kappa shape index (κ2) is 6.60. The Labute approximate surface area is 176 Å². The fourth-order valence-electron chi connectivity index (χ4n) is 3.87. The number of aromatic nitrogens is 2. The van der Waals surface area contributed by atoms with Gasteiger partial charge in [-0.2, -0.15) is 0 Å². The predicted octanol–water partition coefficient (Wildman–Crippen LogP) is 4.69. The first-order valence-electron chi connectivity index (χ1n) is 9.62. The fourth-order valence-corrected chi connectivity index (χ4v) is 4.45. The van der Waals surface area contributed by atoms with E-state index in [2.05, 4.69) is 31.0 Å². The molecule has 0 bridgehead atoms. The van der Waals surface area contributed by atoms with E-state index in [1.54, 1.807) is 29.8 Å². The van der Waals surface area contributed by atoms with Gasteiger partial charge in [0.2, 0.25) is 10.9 Å². The fraction of sp³-hybridized carbons (Fsp3) is 0.217. The number of carbonyl (C=O) groups is 1. The van der Waals surface area contributed by atoms with Crippen molar-refractivity contribution in [1.29, 1.82) is 0 Å². The number of nitrogens with zero attached hydrogens (tertiary/aromatic N) is 3. The third-order valence-electron chi connectivity index (χ3n) is 5.42. The second-order valence-corrected chi connectivity index (χ2v) is 9.15. The molecule has 1 amide bonds. The minimum atomic E-state index is -0.615. The molecule has 5 rings (SSSR count). The first-order valence-corrected chi connectivity index (χ1v) is 10.5.